The summed E-state index contributed by atoms with van der Waals surface area (Å²) in [5, 5.41) is 4.28. The average Bonchev–Trinajstić information content (AvgIpc) is 3.08. The van der Waals surface area contributed by atoms with E-state index in [0.29, 0.717) is 51.1 Å². The number of nitrogens with zero attached hydrogens (tertiary/aromatic N) is 1. The minimum Gasteiger partial charge on any atom is -0.493 e. The predicted molar refractivity (Wildman–Crippen MR) is 115 cm³/mol. The summed E-state index contributed by atoms with van der Waals surface area (Å²) in [6.07, 6.45) is 4.93. The van der Waals surface area contributed by atoms with Gasteiger partial charge in [-0.3, -0.25) is 9.78 Å². The van der Waals surface area contributed by atoms with Gasteiger partial charge in [0, 0.05) is 18.0 Å². The molecule has 8 heteroatoms. The fourth-order valence-electron chi connectivity index (χ4n) is 3.29. The predicted octanol–water partition coefficient (Wildman–Crippen LogP) is 4.72. The summed E-state index contributed by atoms with van der Waals surface area (Å²) in [6, 6.07) is 9.03. The molecule has 3 aromatic heterocycles. The summed E-state index contributed by atoms with van der Waals surface area (Å²) in [7, 11) is 1.55. The lowest BCUT2D eigenvalue weighted by atomic mass is 10.1. The van der Waals surface area contributed by atoms with Crippen molar-refractivity contribution < 1.29 is 9.47 Å². The van der Waals surface area contributed by atoms with Crippen molar-refractivity contribution in [2.75, 3.05) is 19.0 Å². The molecular formula is C21H19ClN4O3. The van der Waals surface area contributed by atoms with Crippen LogP contribution in [0, 0.1) is 0 Å². The van der Waals surface area contributed by atoms with Crippen LogP contribution < -0.4 is 20.3 Å². The van der Waals surface area contributed by atoms with E-state index in [9.17, 15) is 4.79 Å². The number of H-pyrrole nitrogens is 2. The highest BCUT2D eigenvalue weighted by Gasteiger charge is 2.20. The van der Waals surface area contributed by atoms with Crippen molar-refractivity contribution in [3.63, 3.8) is 0 Å². The van der Waals surface area contributed by atoms with Crippen molar-refractivity contribution in [2.24, 2.45) is 0 Å². The average molecular weight is 411 g/mol. The van der Waals surface area contributed by atoms with Crippen LogP contribution in [0.3, 0.4) is 0 Å². The van der Waals surface area contributed by atoms with E-state index in [2.05, 4.69) is 20.3 Å². The lowest BCUT2D eigenvalue weighted by Crippen LogP contribution is -2.06. The normalized spacial score (nSPS) is 10.9. The lowest BCUT2D eigenvalue weighted by Gasteiger charge is -2.14. The number of aromatic amines is 2. The number of nitrogens with one attached hydrogen (secondary N) is 3. The number of fused-ring (bicyclic) bond motifs is 1. The van der Waals surface area contributed by atoms with Crippen molar-refractivity contribution in [2.45, 2.75) is 6.92 Å². The zero-order chi connectivity index (χ0) is 20.4. The van der Waals surface area contributed by atoms with Crippen molar-refractivity contribution in [1.82, 2.24) is 15.0 Å². The van der Waals surface area contributed by atoms with Gasteiger partial charge >= 0.3 is 0 Å². The molecule has 0 spiro atoms. The third-order valence-electron chi connectivity index (χ3n) is 4.50. The summed E-state index contributed by atoms with van der Waals surface area (Å²) in [5.74, 6) is 1.10. The molecule has 7 nitrogen and oxygen atoms in total. The van der Waals surface area contributed by atoms with Gasteiger partial charge in [-0.05, 0) is 31.2 Å². The SMILES string of the molecule is CCOc1cnccc1-c1[nH]c2cc[nH]c(=O)c2c1Nc1cccc(Cl)c1OC. The third kappa shape index (κ3) is 3.40. The minimum atomic E-state index is -0.222. The van der Waals surface area contributed by atoms with Crippen LogP contribution in [-0.2, 0) is 0 Å². The molecular weight excluding hydrogens is 392 g/mol. The van der Waals surface area contributed by atoms with E-state index in [4.69, 9.17) is 21.1 Å². The minimum absolute atomic E-state index is 0.222. The summed E-state index contributed by atoms with van der Waals surface area (Å²) in [4.78, 5) is 22.9. The molecule has 4 aromatic rings. The van der Waals surface area contributed by atoms with Crippen LogP contribution in [0.25, 0.3) is 22.2 Å². The Morgan fingerprint density at radius 3 is 2.90 bits per heavy atom. The Morgan fingerprint density at radius 2 is 2.10 bits per heavy atom. The number of ether oxygens (including phenoxy) is 2. The van der Waals surface area contributed by atoms with Crippen molar-refractivity contribution in [1.29, 1.82) is 0 Å². The molecule has 29 heavy (non-hydrogen) atoms. The standard InChI is InChI=1S/C21H19ClN4O3/c1-3-29-16-11-23-9-7-12(16)18-19(17-14(25-18)8-10-24-21(17)27)26-15-6-4-5-13(22)20(15)28-2/h4-11,25-26H,3H2,1-2H3,(H,24,27). The van der Waals surface area contributed by atoms with Crippen LogP contribution in [0.1, 0.15) is 6.92 Å². The molecule has 0 aliphatic rings. The number of benzene rings is 1. The van der Waals surface area contributed by atoms with E-state index in [1.54, 1.807) is 31.8 Å². The number of hydrogen-bond donors (Lipinski definition) is 3. The molecule has 0 saturated carbocycles. The maximum absolute atomic E-state index is 12.6. The topological polar surface area (TPSA) is 92.0 Å². The van der Waals surface area contributed by atoms with Crippen LogP contribution in [-0.4, -0.2) is 28.7 Å². The lowest BCUT2D eigenvalue weighted by molar-refractivity contribution is 0.340. The zero-order valence-electron chi connectivity index (χ0n) is 15.9. The van der Waals surface area contributed by atoms with Gasteiger partial charge in [0.1, 0.15) is 5.75 Å². The molecule has 0 radical (unpaired) electrons. The van der Waals surface area contributed by atoms with E-state index in [1.165, 1.54) is 0 Å². The monoisotopic (exact) mass is 410 g/mol. The van der Waals surface area contributed by atoms with Crippen LogP contribution >= 0.6 is 11.6 Å². The van der Waals surface area contributed by atoms with Crippen molar-refractivity contribution >= 4 is 33.9 Å². The number of aromatic nitrogens is 3. The Bertz CT molecular complexity index is 1230. The van der Waals surface area contributed by atoms with E-state index in [0.717, 1.165) is 5.56 Å². The van der Waals surface area contributed by atoms with Gasteiger partial charge in [0.2, 0.25) is 0 Å². The first kappa shape index (κ1) is 18.9. The maximum atomic E-state index is 12.6. The quantitative estimate of drug-likeness (QED) is 0.427. The van der Waals surface area contributed by atoms with Gasteiger partial charge in [0.25, 0.3) is 5.56 Å². The second-order valence-corrected chi connectivity index (χ2v) is 6.63. The molecule has 4 rings (SSSR count). The molecule has 3 N–H and O–H groups in total. The summed E-state index contributed by atoms with van der Waals surface area (Å²) in [6.45, 7) is 2.40. The summed E-state index contributed by atoms with van der Waals surface area (Å²) in [5.41, 5.74) is 3.17. The van der Waals surface area contributed by atoms with Crippen LogP contribution in [0.2, 0.25) is 5.02 Å². The number of para-hydroxylation sites is 1. The Labute approximate surface area is 171 Å². The van der Waals surface area contributed by atoms with Gasteiger partial charge in [0.05, 0.1) is 52.9 Å². The van der Waals surface area contributed by atoms with Gasteiger partial charge in [-0.2, -0.15) is 0 Å². The Kier molecular flexibility index (Phi) is 5.14. The number of pyridine rings is 2. The maximum Gasteiger partial charge on any atom is 0.259 e. The molecule has 0 atom stereocenters. The van der Waals surface area contributed by atoms with Crippen LogP contribution in [0.4, 0.5) is 11.4 Å². The first-order chi connectivity index (χ1) is 14.1. The Balaban J connectivity index is 1.97. The number of hydrogen-bond acceptors (Lipinski definition) is 5. The van der Waals surface area contributed by atoms with Gasteiger partial charge in [-0.1, -0.05) is 17.7 Å². The van der Waals surface area contributed by atoms with E-state index >= 15 is 0 Å². The zero-order valence-corrected chi connectivity index (χ0v) is 16.6. The molecule has 3 heterocycles. The molecule has 1 aromatic carbocycles. The molecule has 0 fully saturated rings. The van der Waals surface area contributed by atoms with E-state index in [1.807, 2.05) is 31.2 Å². The summed E-state index contributed by atoms with van der Waals surface area (Å²) < 4.78 is 11.2. The number of rotatable bonds is 6. The fraction of sp³-hybridized carbons (Fsp3) is 0.143. The van der Waals surface area contributed by atoms with E-state index in [-0.39, 0.29) is 5.56 Å². The first-order valence-corrected chi connectivity index (χ1v) is 9.42. The van der Waals surface area contributed by atoms with Gasteiger partial charge in [-0.15, -0.1) is 0 Å². The van der Waals surface area contributed by atoms with Crippen molar-refractivity contribution in [3.8, 4) is 22.8 Å². The smallest absolute Gasteiger partial charge is 0.259 e. The fourth-order valence-corrected chi connectivity index (χ4v) is 3.54. The van der Waals surface area contributed by atoms with Crippen LogP contribution in [0.5, 0.6) is 11.5 Å². The highest BCUT2D eigenvalue weighted by Crippen LogP contribution is 2.41. The van der Waals surface area contributed by atoms with Crippen molar-refractivity contribution in [3.05, 3.63) is 64.3 Å². The van der Waals surface area contributed by atoms with E-state index < -0.39 is 0 Å². The largest absolute Gasteiger partial charge is 0.493 e. The molecule has 148 valence electrons. The summed E-state index contributed by atoms with van der Waals surface area (Å²) >= 11 is 6.27. The number of anilines is 2. The number of halogens is 1. The number of methoxy groups -OCH3 is 1. The van der Waals surface area contributed by atoms with Gasteiger partial charge in [0.15, 0.2) is 5.75 Å². The highest BCUT2D eigenvalue weighted by atomic mass is 35.5. The molecule has 0 saturated heterocycles. The molecule has 0 bridgehead atoms. The van der Waals surface area contributed by atoms with Gasteiger partial charge < -0.3 is 24.8 Å². The van der Waals surface area contributed by atoms with Gasteiger partial charge in [-0.25, -0.2) is 0 Å². The Morgan fingerprint density at radius 1 is 1.24 bits per heavy atom. The molecule has 0 amide bonds. The second-order valence-electron chi connectivity index (χ2n) is 6.22. The highest BCUT2D eigenvalue weighted by molar-refractivity contribution is 6.32. The molecule has 0 aliphatic carbocycles. The third-order valence-corrected chi connectivity index (χ3v) is 4.80. The molecule has 0 aliphatic heterocycles. The second kappa shape index (κ2) is 7.89. The Hall–Kier alpha value is -3.45. The first-order valence-electron chi connectivity index (χ1n) is 9.04. The molecule has 0 unspecified atom stereocenters. The van der Waals surface area contributed by atoms with Crippen LogP contribution in [0.15, 0.2) is 53.7 Å².